The van der Waals surface area contributed by atoms with Crippen LogP contribution in [0.4, 0.5) is 0 Å². The van der Waals surface area contributed by atoms with Gasteiger partial charge in [0.2, 0.25) is 0 Å². The van der Waals surface area contributed by atoms with Gasteiger partial charge in [-0.05, 0) is 44.2 Å². The Morgan fingerprint density at radius 1 is 0.600 bits per heavy atom. The molecule has 30 heavy (non-hydrogen) atoms. The molecule has 0 aliphatic rings. The van der Waals surface area contributed by atoms with Gasteiger partial charge in [-0.1, -0.05) is 40.4 Å². The van der Waals surface area contributed by atoms with Crippen LogP contribution in [0.5, 0.6) is 0 Å². The van der Waals surface area contributed by atoms with E-state index in [1.807, 2.05) is 64.8 Å². The summed E-state index contributed by atoms with van der Waals surface area (Å²) in [6.45, 7) is 4.19. The summed E-state index contributed by atoms with van der Waals surface area (Å²) < 4.78 is 8.24. The van der Waals surface area contributed by atoms with Crippen LogP contribution < -0.4 is 9.13 Å². The standard InChI is InChI=1S/C25H23N5/c1-20-6-10-22(11-7-20)27-14-16-29(18-27)24-4-3-5-25(26-24)30-17-15-28(19-30)23-12-8-21(2)9-13-23/h3-19H,1-2H3/q+2. The lowest BCUT2D eigenvalue weighted by Gasteiger charge is -1.99. The summed E-state index contributed by atoms with van der Waals surface area (Å²) in [4.78, 5) is 4.85. The van der Waals surface area contributed by atoms with Gasteiger partial charge in [-0.2, -0.15) is 0 Å². The highest BCUT2D eigenvalue weighted by Crippen LogP contribution is 2.10. The zero-order valence-electron chi connectivity index (χ0n) is 17.1. The predicted molar refractivity (Wildman–Crippen MR) is 115 cm³/mol. The first-order valence-electron chi connectivity index (χ1n) is 9.96. The van der Waals surface area contributed by atoms with Crippen LogP contribution in [0.25, 0.3) is 23.0 Å². The van der Waals surface area contributed by atoms with Crippen molar-refractivity contribution in [2.75, 3.05) is 0 Å². The summed E-state index contributed by atoms with van der Waals surface area (Å²) in [5, 5.41) is 0. The van der Waals surface area contributed by atoms with E-state index in [9.17, 15) is 0 Å². The topological polar surface area (TPSA) is 30.5 Å². The number of nitrogens with zero attached hydrogens (tertiary/aromatic N) is 5. The van der Waals surface area contributed by atoms with Gasteiger partial charge in [0.25, 0.3) is 11.6 Å². The normalized spacial score (nSPS) is 11.0. The van der Waals surface area contributed by atoms with E-state index in [-0.39, 0.29) is 0 Å². The summed E-state index contributed by atoms with van der Waals surface area (Å²) in [6.07, 6.45) is 12.2. The molecule has 3 aromatic heterocycles. The van der Waals surface area contributed by atoms with Gasteiger partial charge >= 0.3 is 0 Å². The summed E-state index contributed by atoms with van der Waals surface area (Å²) in [5.74, 6) is 1.74. The molecule has 0 saturated heterocycles. The van der Waals surface area contributed by atoms with Gasteiger partial charge in [0, 0.05) is 12.1 Å². The maximum absolute atomic E-state index is 4.85. The fourth-order valence-electron chi connectivity index (χ4n) is 3.42. The molecule has 5 rings (SSSR count). The summed E-state index contributed by atoms with van der Waals surface area (Å²) in [6, 6.07) is 23.0. The lowest BCUT2D eigenvalue weighted by molar-refractivity contribution is -0.610. The molecule has 0 radical (unpaired) electrons. The first kappa shape index (κ1) is 18.1. The lowest BCUT2D eigenvalue weighted by atomic mass is 10.2. The van der Waals surface area contributed by atoms with Crippen molar-refractivity contribution >= 4 is 0 Å². The summed E-state index contributed by atoms with van der Waals surface area (Å²) in [5.41, 5.74) is 4.76. The monoisotopic (exact) mass is 393 g/mol. The third-order valence-electron chi connectivity index (χ3n) is 5.19. The fourth-order valence-corrected chi connectivity index (χ4v) is 3.42. The SMILES string of the molecule is Cc1ccc(-n2cc[n+](-c3cccc(-[n+]4ccn(-c5ccc(C)cc5)c4)n3)c2)cc1. The van der Waals surface area contributed by atoms with Crippen molar-refractivity contribution in [3.63, 3.8) is 0 Å². The van der Waals surface area contributed by atoms with Gasteiger partial charge in [-0.25, -0.2) is 18.3 Å². The van der Waals surface area contributed by atoms with E-state index in [0.29, 0.717) is 0 Å². The van der Waals surface area contributed by atoms with Gasteiger partial charge in [-0.3, -0.25) is 0 Å². The third-order valence-corrected chi connectivity index (χ3v) is 5.19. The number of hydrogen-bond donors (Lipinski definition) is 0. The minimum Gasteiger partial charge on any atom is -0.236 e. The highest BCUT2D eigenvalue weighted by molar-refractivity contribution is 5.34. The molecule has 3 heterocycles. The highest BCUT2D eigenvalue weighted by atomic mass is 15.2. The molecule has 5 aromatic rings. The lowest BCUT2D eigenvalue weighted by Crippen LogP contribution is -2.34. The zero-order valence-corrected chi connectivity index (χ0v) is 17.1. The molecule has 0 amide bonds. The Balaban J connectivity index is 1.44. The Labute approximate surface area is 175 Å². The molecule has 0 saturated carbocycles. The molecule has 0 fully saturated rings. The summed E-state index contributed by atoms with van der Waals surface area (Å²) in [7, 11) is 0. The molecule has 5 heteroatoms. The Kier molecular flexibility index (Phi) is 4.48. The predicted octanol–water partition coefficient (Wildman–Crippen LogP) is 3.83. The number of benzene rings is 2. The van der Waals surface area contributed by atoms with Crippen LogP contribution in [0, 0.1) is 13.8 Å². The van der Waals surface area contributed by atoms with Crippen LogP contribution in [0.3, 0.4) is 0 Å². The molecular formula is C25H23N5+2. The molecule has 0 aliphatic heterocycles. The van der Waals surface area contributed by atoms with Crippen LogP contribution in [-0.2, 0) is 0 Å². The maximum atomic E-state index is 4.85. The Hall–Kier alpha value is -3.99. The fraction of sp³-hybridized carbons (Fsp3) is 0.0800. The highest BCUT2D eigenvalue weighted by Gasteiger charge is 2.14. The number of rotatable bonds is 4. The van der Waals surface area contributed by atoms with Gasteiger partial charge in [0.15, 0.2) is 12.7 Å². The quantitative estimate of drug-likeness (QED) is 0.427. The molecule has 0 atom stereocenters. The van der Waals surface area contributed by atoms with Crippen LogP contribution in [0.15, 0.2) is 104 Å². The average molecular weight is 393 g/mol. The molecule has 2 aromatic carbocycles. The van der Waals surface area contributed by atoms with E-state index in [1.54, 1.807) is 0 Å². The van der Waals surface area contributed by atoms with Crippen molar-refractivity contribution in [1.82, 2.24) is 14.1 Å². The Morgan fingerprint density at radius 3 is 1.47 bits per heavy atom. The van der Waals surface area contributed by atoms with Gasteiger partial charge in [0.05, 0.1) is 12.4 Å². The maximum Gasteiger partial charge on any atom is 0.271 e. The first-order valence-corrected chi connectivity index (χ1v) is 9.96. The van der Waals surface area contributed by atoms with Crippen molar-refractivity contribution in [2.45, 2.75) is 13.8 Å². The largest absolute Gasteiger partial charge is 0.271 e. The van der Waals surface area contributed by atoms with Crippen LogP contribution in [0.2, 0.25) is 0 Å². The first-order chi connectivity index (χ1) is 14.7. The van der Waals surface area contributed by atoms with E-state index in [0.717, 1.165) is 23.0 Å². The van der Waals surface area contributed by atoms with Crippen LogP contribution in [0.1, 0.15) is 11.1 Å². The summed E-state index contributed by atoms with van der Waals surface area (Å²) >= 11 is 0. The minimum absolute atomic E-state index is 0.869. The van der Waals surface area contributed by atoms with Crippen molar-refractivity contribution in [1.29, 1.82) is 0 Å². The van der Waals surface area contributed by atoms with Crippen molar-refractivity contribution in [3.8, 4) is 23.0 Å². The second-order valence-corrected chi connectivity index (χ2v) is 7.48. The van der Waals surface area contributed by atoms with E-state index >= 15 is 0 Å². The van der Waals surface area contributed by atoms with E-state index in [2.05, 4.69) is 71.5 Å². The van der Waals surface area contributed by atoms with Crippen molar-refractivity contribution in [3.05, 3.63) is 115 Å². The molecule has 0 spiro atoms. The van der Waals surface area contributed by atoms with E-state index < -0.39 is 0 Å². The van der Waals surface area contributed by atoms with Crippen molar-refractivity contribution < 1.29 is 9.13 Å². The number of pyridine rings is 1. The average Bonchev–Trinajstić information content (AvgIpc) is 3.45. The second kappa shape index (κ2) is 7.44. The number of aryl methyl sites for hydroxylation is 2. The minimum atomic E-state index is 0.869. The zero-order chi connectivity index (χ0) is 20.5. The van der Waals surface area contributed by atoms with Gasteiger partial charge in [0.1, 0.15) is 23.8 Å². The molecule has 146 valence electrons. The molecular weight excluding hydrogens is 370 g/mol. The van der Waals surface area contributed by atoms with E-state index in [1.165, 1.54) is 11.1 Å². The molecule has 5 nitrogen and oxygen atoms in total. The number of hydrogen-bond acceptors (Lipinski definition) is 1. The van der Waals surface area contributed by atoms with Crippen molar-refractivity contribution in [2.24, 2.45) is 0 Å². The van der Waals surface area contributed by atoms with Crippen LogP contribution in [-0.4, -0.2) is 14.1 Å². The smallest absolute Gasteiger partial charge is 0.236 e. The van der Waals surface area contributed by atoms with Gasteiger partial charge in [-0.15, -0.1) is 0 Å². The number of imidazole rings is 2. The molecule has 0 bridgehead atoms. The second-order valence-electron chi connectivity index (χ2n) is 7.48. The molecule has 0 N–H and O–H groups in total. The molecule has 0 aliphatic carbocycles. The third kappa shape index (κ3) is 3.53. The molecule has 0 unspecified atom stereocenters. The Morgan fingerprint density at radius 2 is 1.03 bits per heavy atom. The van der Waals surface area contributed by atoms with Gasteiger partial charge < -0.3 is 0 Å². The Bertz CT molecular complexity index is 1200. The van der Waals surface area contributed by atoms with E-state index in [4.69, 9.17) is 4.98 Å². The van der Waals surface area contributed by atoms with Crippen LogP contribution >= 0.6 is 0 Å². The number of aromatic nitrogens is 5.